The molecule has 0 bridgehead atoms. The number of carbonyl (C=O) groups is 3. The first kappa shape index (κ1) is 46.2. The molecule has 288 valence electrons. The van der Waals surface area contributed by atoms with Gasteiger partial charge in [0.1, 0.15) is 28.9 Å². The van der Waals surface area contributed by atoms with Crippen LogP contribution < -0.4 is 9.47 Å². The lowest BCUT2D eigenvalue weighted by atomic mass is 10.2. The fraction of sp³-hybridized carbons (Fsp3) is 0.105. The van der Waals surface area contributed by atoms with Crippen LogP contribution in [0.4, 0.5) is 4.39 Å². The van der Waals surface area contributed by atoms with E-state index in [9.17, 15) is 18.8 Å². The van der Waals surface area contributed by atoms with Gasteiger partial charge in [-0.15, -0.1) is 6.42 Å². The molecule has 0 saturated carbocycles. The van der Waals surface area contributed by atoms with Gasteiger partial charge in [-0.3, -0.25) is 4.79 Å². The Labute approximate surface area is 344 Å². The Bertz CT molecular complexity index is 2190. The molecule has 17 heteroatoms. The lowest BCUT2D eigenvalue weighted by Crippen LogP contribution is -1.98. The van der Waals surface area contributed by atoms with Gasteiger partial charge in [-0.2, -0.15) is 0 Å². The number of nitrogens with one attached hydrogen (secondary N) is 1. The van der Waals surface area contributed by atoms with Crippen molar-refractivity contribution in [3.8, 4) is 29.6 Å². The Morgan fingerprint density at radius 2 is 1.36 bits per heavy atom. The van der Waals surface area contributed by atoms with E-state index in [-0.39, 0.29) is 28.8 Å². The monoisotopic (exact) mass is 870 g/mol. The quantitative estimate of drug-likeness (QED) is 0.0410. The molecule has 0 unspecified atom stereocenters. The Morgan fingerprint density at radius 3 is 1.84 bits per heavy atom. The number of terminal acetylenes is 1. The lowest BCUT2D eigenvalue weighted by Gasteiger charge is -2.02. The summed E-state index contributed by atoms with van der Waals surface area (Å²) in [4.78, 5) is 39.3. The predicted molar refractivity (Wildman–Crippen MR) is 213 cm³/mol. The molecule has 0 radical (unpaired) electrons. The Balaban J connectivity index is 0.000000292. The number of benzene rings is 4. The number of halogens is 7. The van der Waals surface area contributed by atoms with Crippen molar-refractivity contribution in [3.05, 3.63) is 139 Å². The lowest BCUT2D eigenvalue weighted by molar-refractivity contribution is -0.136. The summed E-state index contributed by atoms with van der Waals surface area (Å²) in [5.41, 5.74) is 1.28. The molecule has 55 heavy (non-hydrogen) atoms. The number of rotatable bonds is 10. The van der Waals surface area contributed by atoms with Crippen LogP contribution in [0, 0.1) is 18.2 Å². The van der Waals surface area contributed by atoms with Gasteiger partial charge in [0.05, 0.1) is 51.3 Å². The van der Waals surface area contributed by atoms with Gasteiger partial charge in [-0.25, -0.2) is 19.0 Å². The van der Waals surface area contributed by atoms with Crippen LogP contribution in [0.3, 0.4) is 0 Å². The van der Waals surface area contributed by atoms with Gasteiger partial charge >= 0.3 is 11.9 Å². The van der Waals surface area contributed by atoms with E-state index in [1.54, 1.807) is 55.3 Å². The van der Waals surface area contributed by atoms with Crippen LogP contribution in [0.1, 0.15) is 19.2 Å². The standard InChI is InChI=1S/C18H13Cl2FN2O2.C9H6Cl2O3.C6H4Cl2O.C5H6O2/c19-11-1-5-17(14(20)9-11)25-8-7-13(24)3-6-18-22-15-4-2-12(21)10-16(15)23-18;10-6-1-2-8(7(11)5-6)14-4-3-9(12)13;7-4-1-2-6(9)5(8)3-4;1-3-5(6)7-4-2/h1-2,4-5,7-10H,3,6H2,(H,22,23);1-5H,(H,12,13);1-3,9H;1H,4H2,2H3/b8-7+;4-3+;;. The maximum atomic E-state index is 13.1. The van der Waals surface area contributed by atoms with Crippen molar-refractivity contribution in [2.45, 2.75) is 19.8 Å². The summed E-state index contributed by atoms with van der Waals surface area (Å²) in [5.74, 6) is 1.11. The number of phenolic OH excluding ortho intramolecular Hbond substituents is 1. The fourth-order valence-corrected chi connectivity index (χ4v) is 4.94. The number of carboxylic acid groups (broad SMARTS) is 1. The first-order valence-electron chi connectivity index (χ1n) is 15.4. The molecule has 0 aliphatic carbocycles. The zero-order chi connectivity index (χ0) is 40.9. The molecular formula is C38H29Cl6FN2O8. The minimum atomic E-state index is -1.09. The third kappa shape index (κ3) is 18.3. The molecule has 0 spiro atoms. The van der Waals surface area contributed by atoms with E-state index in [1.807, 2.05) is 0 Å². The third-order valence-corrected chi connectivity index (χ3v) is 7.65. The molecule has 0 fully saturated rings. The number of aryl methyl sites for hydroxylation is 1. The number of hydrogen-bond acceptors (Lipinski definition) is 8. The zero-order valence-electron chi connectivity index (χ0n) is 28.4. The summed E-state index contributed by atoms with van der Waals surface area (Å²) < 4.78 is 27.7. The molecule has 5 aromatic rings. The van der Waals surface area contributed by atoms with E-state index in [1.165, 1.54) is 42.7 Å². The largest absolute Gasteiger partial charge is 0.506 e. The maximum Gasteiger partial charge on any atom is 0.384 e. The van der Waals surface area contributed by atoms with Crippen molar-refractivity contribution in [3.63, 3.8) is 0 Å². The van der Waals surface area contributed by atoms with Crippen LogP contribution in [0.2, 0.25) is 30.1 Å². The topological polar surface area (TPSA) is 148 Å². The fourth-order valence-electron chi connectivity index (χ4n) is 3.62. The summed E-state index contributed by atoms with van der Waals surface area (Å²) in [5, 5.41) is 19.6. The minimum absolute atomic E-state index is 0.0565. The first-order valence-corrected chi connectivity index (χ1v) is 17.6. The number of ketones is 1. The van der Waals surface area contributed by atoms with E-state index in [2.05, 4.69) is 21.1 Å². The highest BCUT2D eigenvalue weighted by atomic mass is 35.5. The van der Waals surface area contributed by atoms with Crippen LogP contribution in [0.5, 0.6) is 17.2 Å². The van der Waals surface area contributed by atoms with E-state index >= 15 is 0 Å². The molecule has 0 aliphatic heterocycles. The predicted octanol–water partition coefficient (Wildman–Crippen LogP) is 11.0. The highest BCUT2D eigenvalue weighted by molar-refractivity contribution is 6.36. The Morgan fingerprint density at radius 1 is 0.818 bits per heavy atom. The van der Waals surface area contributed by atoms with E-state index in [0.717, 1.165) is 12.3 Å². The Kier molecular flexibility index (Phi) is 20.6. The van der Waals surface area contributed by atoms with Crippen LogP contribution in [-0.2, 0) is 25.5 Å². The number of esters is 1. The summed E-state index contributed by atoms with van der Waals surface area (Å²) >= 11 is 34.2. The van der Waals surface area contributed by atoms with E-state index in [4.69, 9.17) is 89.3 Å². The molecule has 0 atom stereocenters. The number of nitrogens with zero attached hydrogens (tertiary/aromatic N) is 1. The van der Waals surface area contributed by atoms with E-state index in [0.29, 0.717) is 66.5 Å². The SMILES string of the molecule is C#CC(=O)OCC.O=C(/C=C/Oc1ccc(Cl)cc1Cl)CCc1nc2ccc(F)cc2[nH]1.O=C(O)/C=C/Oc1ccc(Cl)cc1Cl.Oc1ccc(Cl)cc1Cl. The van der Waals surface area contributed by atoms with Crippen molar-refractivity contribution in [1.82, 2.24) is 9.97 Å². The van der Waals surface area contributed by atoms with Crippen molar-refractivity contribution >= 4 is 98.4 Å². The highest BCUT2D eigenvalue weighted by Gasteiger charge is 2.07. The number of carbonyl (C=O) groups excluding carboxylic acids is 2. The molecule has 4 aromatic carbocycles. The van der Waals surface area contributed by atoms with Crippen molar-refractivity contribution in [2.24, 2.45) is 0 Å². The van der Waals surface area contributed by atoms with Crippen molar-refractivity contribution < 1.29 is 43.2 Å². The van der Waals surface area contributed by atoms with Gasteiger partial charge < -0.3 is 29.4 Å². The number of H-pyrrole nitrogens is 1. The number of aromatic hydroxyl groups is 1. The number of aromatic nitrogens is 2. The maximum absolute atomic E-state index is 13.1. The molecule has 1 heterocycles. The number of aromatic amines is 1. The molecule has 5 rings (SSSR count). The molecular weight excluding hydrogens is 844 g/mol. The van der Waals surface area contributed by atoms with Gasteiger partial charge in [0.25, 0.3) is 0 Å². The second kappa shape index (κ2) is 24.5. The van der Waals surface area contributed by atoms with Crippen LogP contribution in [0.25, 0.3) is 11.0 Å². The smallest absolute Gasteiger partial charge is 0.384 e. The normalized spacial score (nSPS) is 10.2. The number of allylic oxidation sites excluding steroid dienone is 1. The molecule has 10 nitrogen and oxygen atoms in total. The Hall–Kier alpha value is -4.93. The summed E-state index contributed by atoms with van der Waals surface area (Å²) in [6.45, 7) is 2.05. The summed E-state index contributed by atoms with van der Waals surface area (Å²) in [7, 11) is 0. The van der Waals surface area contributed by atoms with Crippen molar-refractivity contribution in [2.75, 3.05) is 6.61 Å². The second-order valence-corrected chi connectivity index (χ2v) is 12.6. The number of imidazole rings is 1. The van der Waals surface area contributed by atoms with E-state index < -0.39 is 11.9 Å². The van der Waals surface area contributed by atoms with Crippen LogP contribution in [0.15, 0.2) is 97.5 Å². The van der Waals surface area contributed by atoms with Crippen LogP contribution >= 0.6 is 69.6 Å². The van der Waals surface area contributed by atoms with Gasteiger partial charge in [0.2, 0.25) is 0 Å². The van der Waals surface area contributed by atoms with Gasteiger partial charge in [-0.05, 0) is 79.7 Å². The molecule has 0 saturated heterocycles. The van der Waals surface area contributed by atoms with Crippen LogP contribution in [-0.4, -0.2) is 44.5 Å². The molecule has 0 aliphatic rings. The average molecular weight is 873 g/mol. The second-order valence-electron chi connectivity index (χ2n) is 10.1. The summed E-state index contributed by atoms with van der Waals surface area (Å²) in [6, 6.07) is 18.3. The number of carboxylic acids is 1. The molecule has 3 N–H and O–H groups in total. The molecule has 1 aromatic heterocycles. The zero-order valence-corrected chi connectivity index (χ0v) is 32.9. The average Bonchev–Trinajstić information content (AvgIpc) is 3.54. The minimum Gasteiger partial charge on any atom is -0.506 e. The van der Waals surface area contributed by atoms with Gasteiger partial charge in [-0.1, -0.05) is 69.6 Å². The number of ether oxygens (including phenoxy) is 3. The number of phenols is 1. The third-order valence-electron chi connectivity index (χ3n) is 6.05. The molecule has 0 amide bonds. The van der Waals surface area contributed by atoms with Crippen molar-refractivity contribution in [1.29, 1.82) is 0 Å². The van der Waals surface area contributed by atoms with Gasteiger partial charge in [0.15, 0.2) is 5.78 Å². The number of aliphatic carboxylic acids is 1. The highest BCUT2D eigenvalue weighted by Crippen LogP contribution is 2.29. The number of fused-ring (bicyclic) bond motifs is 1. The van der Waals surface area contributed by atoms with Gasteiger partial charge in [0, 0.05) is 39.9 Å². The summed E-state index contributed by atoms with van der Waals surface area (Å²) in [6.07, 6.45) is 9.81. The number of hydrogen-bond donors (Lipinski definition) is 3. The first-order chi connectivity index (χ1) is 26.1.